The SMILES string of the molecule is CC1CCN(c2ccc([C@H](C)NS(=O)(=O)c3nnc(NC(=O)c4ccc(Cl)cc4)s3)cc2)CC1. The van der Waals surface area contributed by atoms with E-state index in [1.165, 1.54) is 12.8 Å². The van der Waals surface area contributed by atoms with Gasteiger partial charge in [0.2, 0.25) is 9.47 Å². The van der Waals surface area contributed by atoms with Crippen LogP contribution in [0.5, 0.6) is 0 Å². The number of anilines is 2. The molecule has 4 rings (SSSR count). The second kappa shape index (κ2) is 10.4. The number of aromatic nitrogens is 2. The summed E-state index contributed by atoms with van der Waals surface area (Å²) in [6, 6.07) is 13.8. The van der Waals surface area contributed by atoms with Crippen molar-refractivity contribution in [2.45, 2.75) is 37.1 Å². The number of hydrogen-bond acceptors (Lipinski definition) is 7. The number of sulfonamides is 1. The maximum atomic E-state index is 12.8. The molecule has 0 saturated carbocycles. The maximum absolute atomic E-state index is 12.8. The summed E-state index contributed by atoms with van der Waals surface area (Å²) in [5, 5.41) is 10.7. The van der Waals surface area contributed by atoms with E-state index in [4.69, 9.17) is 11.6 Å². The highest BCUT2D eigenvalue weighted by Crippen LogP contribution is 2.26. The molecule has 11 heteroatoms. The zero-order chi connectivity index (χ0) is 24.3. The minimum atomic E-state index is -3.91. The van der Waals surface area contributed by atoms with Gasteiger partial charge in [-0.2, -0.15) is 0 Å². The molecule has 0 spiro atoms. The van der Waals surface area contributed by atoms with Gasteiger partial charge in [-0.3, -0.25) is 10.1 Å². The lowest BCUT2D eigenvalue weighted by molar-refractivity contribution is 0.102. The van der Waals surface area contributed by atoms with Crippen LogP contribution in [0.3, 0.4) is 0 Å². The van der Waals surface area contributed by atoms with Crippen LogP contribution in [0.25, 0.3) is 0 Å². The van der Waals surface area contributed by atoms with E-state index in [0.29, 0.717) is 10.6 Å². The van der Waals surface area contributed by atoms with Crippen molar-refractivity contribution in [1.29, 1.82) is 0 Å². The van der Waals surface area contributed by atoms with Crippen LogP contribution in [0.4, 0.5) is 10.8 Å². The fraction of sp³-hybridized carbons (Fsp3) is 0.348. The number of piperidine rings is 1. The van der Waals surface area contributed by atoms with E-state index < -0.39 is 22.0 Å². The summed E-state index contributed by atoms with van der Waals surface area (Å²) in [7, 11) is -3.91. The van der Waals surface area contributed by atoms with Gasteiger partial charge in [-0.1, -0.05) is 42.0 Å². The van der Waals surface area contributed by atoms with Crippen molar-refractivity contribution in [3.63, 3.8) is 0 Å². The molecule has 3 aromatic rings. The molecule has 0 unspecified atom stereocenters. The molecule has 1 aliphatic heterocycles. The van der Waals surface area contributed by atoms with Gasteiger partial charge < -0.3 is 4.90 Å². The highest BCUT2D eigenvalue weighted by atomic mass is 35.5. The van der Waals surface area contributed by atoms with Crippen molar-refractivity contribution in [3.05, 3.63) is 64.7 Å². The van der Waals surface area contributed by atoms with Crippen LogP contribution in [0, 0.1) is 5.92 Å². The molecule has 0 bridgehead atoms. The maximum Gasteiger partial charge on any atom is 0.270 e. The molecule has 34 heavy (non-hydrogen) atoms. The minimum Gasteiger partial charge on any atom is -0.372 e. The number of carbonyl (C=O) groups is 1. The van der Waals surface area contributed by atoms with Crippen molar-refractivity contribution in [1.82, 2.24) is 14.9 Å². The second-order valence-corrected chi connectivity index (χ2v) is 11.7. The van der Waals surface area contributed by atoms with Gasteiger partial charge in [0.15, 0.2) is 0 Å². The summed E-state index contributed by atoms with van der Waals surface area (Å²) < 4.78 is 28.1. The third kappa shape index (κ3) is 5.93. The van der Waals surface area contributed by atoms with Gasteiger partial charge in [0.1, 0.15) is 0 Å². The van der Waals surface area contributed by atoms with Gasteiger partial charge in [0.25, 0.3) is 15.9 Å². The topological polar surface area (TPSA) is 104 Å². The average molecular weight is 520 g/mol. The van der Waals surface area contributed by atoms with Gasteiger partial charge in [-0.25, -0.2) is 13.1 Å². The lowest BCUT2D eigenvalue weighted by atomic mass is 9.98. The van der Waals surface area contributed by atoms with E-state index in [9.17, 15) is 13.2 Å². The number of rotatable bonds is 7. The number of carbonyl (C=O) groups excluding carboxylic acids is 1. The largest absolute Gasteiger partial charge is 0.372 e. The van der Waals surface area contributed by atoms with Crippen molar-refractivity contribution < 1.29 is 13.2 Å². The Morgan fingerprint density at radius 1 is 1.09 bits per heavy atom. The molecular weight excluding hydrogens is 494 g/mol. The first kappa shape index (κ1) is 24.6. The van der Waals surface area contributed by atoms with Crippen molar-refractivity contribution in [3.8, 4) is 0 Å². The summed E-state index contributed by atoms with van der Waals surface area (Å²) in [5.41, 5.74) is 2.37. The Labute approximate surface area is 208 Å². The predicted molar refractivity (Wildman–Crippen MR) is 135 cm³/mol. The van der Waals surface area contributed by atoms with E-state index in [1.54, 1.807) is 31.2 Å². The zero-order valence-electron chi connectivity index (χ0n) is 18.9. The molecule has 1 aliphatic rings. The highest BCUT2D eigenvalue weighted by molar-refractivity contribution is 7.91. The fourth-order valence-electron chi connectivity index (χ4n) is 3.73. The molecule has 180 valence electrons. The van der Waals surface area contributed by atoms with Crippen LogP contribution < -0.4 is 14.9 Å². The Morgan fingerprint density at radius 2 is 1.74 bits per heavy atom. The first-order chi connectivity index (χ1) is 16.2. The van der Waals surface area contributed by atoms with Gasteiger partial charge in [0, 0.05) is 35.4 Å². The molecule has 0 aliphatic carbocycles. The summed E-state index contributed by atoms with van der Waals surface area (Å²) in [6.07, 6.45) is 2.36. The normalized spacial score (nSPS) is 15.8. The zero-order valence-corrected chi connectivity index (χ0v) is 21.3. The van der Waals surface area contributed by atoms with Crippen molar-refractivity contribution in [2.24, 2.45) is 5.92 Å². The highest BCUT2D eigenvalue weighted by Gasteiger charge is 2.24. The van der Waals surface area contributed by atoms with Crippen LogP contribution in [-0.4, -0.2) is 37.6 Å². The Morgan fingerprint density at radius 3 is 2.38 bits per heavy atom. The molecule has 2 aromatic carbocycles. The van der Waals surface area contributed by atoms with Gasteiger partial charge >= 0.3 is 0 Å². The number of nitrogens with one attached hydrogen (secondary N) is 2. The number of nitrogens with zero attached hydrogens (tertiary/aromatic N) is 3. The molecule has 0 radical (unpaired) electrons. The molecule has 1 amide bonds. The standard InChI is InChI=1S/C23H26ClN5O3S2/c1-15-11-13-29(14-12-15)20-9-5-17(6-10-20)16(2)28-34(31,32)23-27-26-22(33-23)25-21(30)18-3-7-19(24)8-4-18/h3-10,15-16,28H,11-14H2,1-2H3,(H,25,26,30)/t16-/m0/s1. The summed E-state index contributed by atoms with van der Waals surface area (Å²) in [5.74, 6) is 0.331. The number of benzene rings is 2. The van der Waals surface area contributed by atoms with E-state index in [0.717, 1.165) is 41.6 Å². The van der Waals surface area contributed by atoms with Crippen molar-refractivity contribution >= 4 is 49.7 Å². The molecule has 2 N–H and O–H groups in total. The lowest BCUT2D eigenvalue weighted by Gasteiger charge is -2.32. The van der Waals surface area contributed by atoms with Gasteiger partial charge in [-0.05, 0) is 67.6 Å². The summed E-state index contributed by atoms with van der Waals surface area (Å²) in [4.78, 5) is 14.7. The molecule has 2 heterocycles. The number of amides is 1. The van der Waals surface area contributed by atoms with Crippen LogP contribution in [0.15, 0.2) is 52.9 Å². The fourth-order valence-corrected chi connectivity index (χ4v) is 6.00. The van der Waals surface area contributed by atoms with E-state index in [1.807, 2.05) is 24.3 Å². The average Bonchev–Trinajstić information content (AvgIpc) is 3.29. The second-order valence-electron chi connectivity index (χ2n) is 8.44. The van der Waals surface area contributed by atoms with Crippen LogP contribution in [0.1, 0.15) is 48.7 Å². The van der Waals surface area contributed by atoms with Crippen molar-refractivity contribution in [2.75, 3.05) is 23.3 Å². The Kier molecular flexibility index (Phi) is 7.51. The van der Waals surface area contributed by atoms with Gasteiger partial charge in [-0.15, -0.1) is 10.2 Å². The molecule has 1 atom stereocenters. The third-order valence-electron chi connectivity index (χ3n) is 5.84. The quantitative estimate of drug-likeness (QED) is 0.438. The smallest absolute Gasteiger partial charge is 0.270 e. The predicted octanol–water partition coefficient (Wildman–Crippen LogP) is 4.72. The first-order valence-electron chi connectivity index (χ1n) is 11.0. The van der Waals surface area contributed by atoms with Crippen LogP contribution >= 0.6 is 22.9 Å². The Hall–Kier alpha value is -2.53. The van der Waals surface area contributed by atoms with Crippen LogP contribution in [-0.2, 0) is 10.0 Å². The minimum absolute atomic E-state index is 0.0909. The number of halogens is 1. The molecule has 1 aromatic heterocycles. The Balaban J connectivity index is 1.38. The van der Waals surface area contributed by atoms with Gasteiger partial charge in [0.05, 0.1) is 0 Å². The monoisotopic (exact) mass is 519 g/mol. The third-order valence-corrected chi connectivity index (χ3v) is 8.84. The number of hydrogen-bond donors (Lipinski definition) is 2. The first-order valence-corrected chi connectivity index (χ1v) is 13.7. The molecule has 8 nitrogen and oxygen atoms in total. The summed E-state index contributed by atoms with van der Waals surface area (Å²) in [6.45, 7) is 6.13. The van der Waals surface area contributed by atoms with E-state index >= 15 is 0 Å². The molecule has 1 saturated heterocycles. The Bertz CT molecular complexity index is 1240. The van der Waals surface area contributed by atoms with Crippen LogP contribution in [0.2, 0.25) is 5.02 Å². The lowest BCUT2D eigenvalue weighted by Crippen LogP contribution is -2.32. The molecular formula is C23H26ClN5O3S2. The van der Waals surface area contributed by atoms with E-state index in [-0.39, 0.29) is 9.47 Å². The summed E-state index contributed by atoms with van der Waals surface area (Å²) >= 11 is 6.62. The van der Waals surface area contributed by atoms with E-state index in [2.05, 4.69) is 32.1 Å². The molecule has 1 fully saturated rings.